The lowest BCUT2D eigenvalue weighted by Crippen LogP contribution is -2.20. The van der Waals surface area contributed by atoms with Crippen molar-refractivity contribution in [3.63, 3.8) is 0 Å². The van der Waals surface area contributed by atoms with E-state index < -0.39 is 0 Å². The number of benzene rings is 1. The van der Waals surface area contributed by atoms with Crippen molar-refractivity contribution in [2.24, 2.45) is 0 Å². The first-order chi connectivity index (χ1) is 8.82. The van der Waals surface area contributed by atoms with Gasteiger partial charge in [0, 0.05) is 11.0 Å². The molecule has 0 aliphatic rings. The molecule has 0 amide bonds. The standard InChI is InChI=1S/C16H26BrNO.ClH/c1-11(2)14-9-13(17)10-15(12(3)4)16(14)19-8-7-18(5)6;/h9-12H,7-8H2,1-6H3;1H. The minimum atomic E-state index is 0. The van der Waals surface area contributed by atoms with Crippen LogP contribution < -0.4 is 4.74 Å². The third kappa shape index (κ3) is 5.63. The molecule has 0 atom stereocenters. The Labute approximate surface area is 138 Å². The fourth-order valence-electron chi connectivity index (χ4n) is 1.99. The van der Waals surface area contributed by atoms with Crippen LogP contribution >= 0.6 is 28.3 Å². The Kier molecular flexibility index (Phi) is 8.80. The quantitative estimate of drug-likeness (QED) is 0.699. The summed E-state index contributed by atoms with van der Waals surface area (Å²) in [6.07, 6.45) is 0. The lowest BCUT2D eigenvalue weighted by molar-refractivity contribution is 0.256. The van der Waals surface area contributed by atoms with Crippen molar-refractivity contribution in [3.8, 4) is 5.75 Å². The van der Waals surface area contributed by atoms with Gasteiger partial charge in [0.2, 0.25) is 0 Å². The van der Waals surface area contributed by atoms with Crippen LogP contribution in [0.15, 0.2) is 16.6 Å². The molecule has 0 fully saturated rings. The van der Waals surface area contributed by atoms with E-state index in [1.165, 1.54) is 11.1 Å². The van der Waals surface area contributed by atoms with Gasteiger partial charge in [-0.25, -0.2) is 0 Å². The average Bonchev–Trinajstić information content (AvgIpc) is 2.29. The molecule has 1 rings (SSSR count). The van der Waals surface area contributed by atoms with Crippen molar-refractivity contribution in [3.05, 3.63) is 27.7 Å². The summed E-state index contributed by atoms with van der Waals surface area (Å²) in [6.45, 7) is 10.5. The van der Waals surface area contributed by atoms with Gasteiger partial charge in [-0.2, -0.15) is 0 Å². The SMILES string of the molecule is CC(C)c1cc(Br)cc(C(C)C)c1OCCN(C)C.Cl. The molecule has 0 aliphatic carbocycles. The second-order valence-corrected chi connectivity index (χ2v) is 6.79. The summed E-state index contributed by atoms with van der Waals surface area (Å²) in [4.78, 5) is 2.14. The molecule has 1 aromatic rings. The van der Waals surface area contributed by atoms with Crippen LogP contribution in [0.5, 0.6) is 5.75 Å². The Bertz CT molecular complexity index is 390. The summed E-state index contributed by atoms with van der Waals surface area (Å²) in [6, 6.07) is 4.36. The van der Waals surface area contributed by atoms with Crippen molar-refractivity contribution in [1.82, 2.24) is 4.90 Å². The van der Waals surface area contributed by atoms with E-state index in [0.29, 0.717) is 11.8 Å². The van der Waals surface area contributed by atoms with Crippen LogP contribution in [0.25, 0.3) is 0 Å². The monoisotopic (exact) mass is 363 g/mol. The highest BCUT2D eigenvalue weighted by Crippen LogP contribution is 2.37. The van der Waals surface area contributed by atoms with Crippen molar-refractivity contribution < 1.29 is 4.74 Å². The predicted molar refractivity (Wildman–Crippen MR) is 93.6 cm³/mol. The van der Waals surface area contributed by atoms with Crippen molar-refractivity contribution in [1.29, 1.82) is 0 Å². The van der Waals surface area contributed by atoms with E-state index in [1.54, 1.807) is 0 Å². The number of ether oxygens (including phenoxy) is 1. The molecule has 0 saturated carbocycles. The van der Waals surface area contributed by atoms with Gasteiger partial charge in [0.1, 0.15) is 12.4 Å². The first-order valence-corrected chi connectivity index (χ1v) is 7.73. The molecule has 0 heterocycles. The molecule has 2 nitrogen and oxygen atoms in total. The second kappa shape index (κ2) is 8.91. The minimum absolute atomic E-state index is 0. The zero-order chi connectivity index (χ0) is 14.6. The highest BCUT2D eigenvalue weighted by atomic mass is 79.9. The van der Waals surface area contributed by atoms with E-state index in [9.17, 15) is 0 Å². The van der Waals surface area contributed by atoms with Crippen LogP contribution in [0.2, 0.25) is 0 Å². The topological polar surface area (TPSA) is 12.5 Å². The highest BCUT2D eigenvalue weighted by molar-refractivity contribution is 9.10. The molecule has 0 aromatic heterocycles. The molecule has 20 heavy (non-hydrogen) atoms. The summed E-state index contributed by atoms with van der Waals surface area (Å²) >= 11 is 3.61. The summed E-state index contributed by atoms with van der Waals surface area (Å²) < 4.78 is 7.23. The molecule has 0 radical (unpaired) electrons. The van der Waals surface area contributed by atoms with Gasteiger partial charge >= 0.3 is 0 Å². The summed E-state index contributed by atoms with van der Waals surface area (Å²) in [7, 11) is 4.13. The molecule has 0 N–H and O–H groups in total. The molecule has 116 valence electrons. The lowest BCUT2D eigenvalue weighted by atomic mass is 9.94. The van der Waals surface area contributed by atoms with E-state index in [4.69, 9.17) is 4.74 Å². The summed E-state index contributed by atoms with van der Waals surface area (Å²) in [5.74, 6) is 2.00. The Hall–Kier alpha value is -0.250. The number of nitrogens with zero attached hydrogens (tertiary/aromatic N) is 1. The highest BCUT2D eigenvalue weighted by Gasteiger charge is 2.16. The van der Waals surface area contributed by atoms with Crippen LogP contribution in [-0.4, -0.2) is 32.1 Å². The molecule has 0 bridgehead atoms. The van der Waals surface area contributed by atoms with Gasteiger partial charge in [-0.15, -0.1) is 12.4 Å². The first kappa shape index (κ1) is 19.8. The molecule has 0 unspecified atom stereocenters. The van der Waals surface area contributed by atoms with E-state index in [1.807, 2.05) is 0 Å². The maximum atomic E-state index is 6.09. The largest absolute Gasteiger partial charge is 0.492 e. The third-order valence-electron chi connectivity index (χ3n) is 3.14. The molecular weight excluding hydrogens is 338 g/mol. The molecule has 0 saturated heterocycles. The van der Waals surface area contributed by atoms with E-state index in [0.717, 1.165) is 23.4 Å². The second-order valence-electron chi connectivity index (χ2n) is 5.87. The number of halogens is 2. The number of rotatable bonds is 6. The zero-order valence-electron chi connectivity index (χ0n) is 13.4. The average molecular weight is 365 g/mol. The smallest absolute Gasteiger partial charge is 0.126 e. The van der Waals surface area contributed by atoms with Crippen molar-refractivity contribution in [2.45, 2.75) is 39.5 Å². The van der Waals surface area contributed by atoms with E-state index in [2.05, 4.69) is 74.8 Å². The fourth-order valence-corrected chi connectivity index (χ4v) is 2.48. The van der Waals surface area contributed by atoms with Gasteiger partial charge in [-0.3, -0.25) is 0 Å². The van der Waals surface area contributed by atoms with Crippen LogP contribution in [0.1, 0.15) is 50.7 Å². The predicted octanol–water partition coefficient (Wildman–Crippen LogP) is 5.06. The molecule has 1 aromatic carbocycles. The molecule has 0 aliphatic heterocycles. The van der Waals surface area contributed by atoms with E-state index >= 15 is 0 Å². The Morgan fingerprint density at radius 2 is 1.50 bits per heavy atom. The van der Waals surface area contributed by atoms with Gasteiger partial charge in [-0.05, 0) is 49.2 Å². The molecule has 4 heteroatoms. The molecular formula is C16H27BrClNO. The van der Waals surface area contributed by atoms with E-state index in [-0.39, 0.29) is 12.4 Å². The maximum absolute atomic E-state index is 6.09. The van der Waals surface area contributed by atoms with Crippen LogP contribution in [-0.2, 0) is 0 Å². The van der Waals surface area contributed by atoms with Gasteiger partial charge in [0.15, 0.2) is 0 Å². The van der Waals surface area contributed by atoms with Crippen LogP contribution in [0, 0.1) is 0 Å². The normalized spacial score (nSPS) is 11.1. The van der Waals surface area contributed by atoms with Crippen LogP contribution in [0.4, 0.5) is 0 Å². The van der Waals surface area contributed by atoms with Crippen molar-refractivity contribution in [2.75, 3.05) is 27.2 Å². The summed E-state index contributed by atoms with van der Waals surface area (Å²) in [5.41, 5.74) is 2.58. The maximum Gasteiger partial charge on any atom is 0.126 e. The number of likely N-dealkylation sites (N-methyl/N-ethyl adjacent to an activating group) is 1. The Balaban J connectivity index is 0.00000361. The third-order valence-corrected chi connectivity index (χ3v) is 3.60. The Morgan fingerprint density at radius 3 is 1.85 bits per heavy atom. The van der Waals surface area contributed by atoms with Crippen molar-refractivity contribution >= 4 is 28.3 Å². The molecule has 0 spiro atoms. The lowest BCUT2D eigenvalue weighted by Gasteiger charge is -2.21. The van der Waals surface area contributed by atoms with Gasteiger partial charge < -0.3 is 9.64 Å². The zero-order valence-corrected chi connectivity index (χ0v) is 15.8. The van der Waals surface area contributed by atoms with Crippen LogP contribution in [0.3, 0.4) is 0 Å². The number of hydrogen-bond donors (Lipinski definition) is 0. The summed E-state index contributed by atoms with van der Waals surface area (Å²) in [5, 5.41) is 0. The van der Waals surface area contributed by atoms with Gasteiger partial charge in [0.25, 0.3) is 0 Å². The fraction of sp³-hybridized carbons (Fsp3) is 0.625. The minimum Gasteiger partial charge on any atom is -0.492 e. The Morgan fingerprint density at radius 1 is 1.05 bits per heavy atom. The van der Waals surface area contributed by atoms with Gasteiger partial charge in [-0.1, -0.05) is 43.6 Å². The van der Waals surface area contributed by atoms with Gasteiger partial charge in [0.05, 0.1) is 0 Å². The first-order valence-electron chi connectivity index (χ1n) is 6.93. The number of hydrogen-bond acceptors (Lipinski definition) is 2.